The molecule has 0 fully saturated rings. The first-order chi connectivity index (χ1) is 16.4. The number of hydrogen-bond donors (Lipinski definition) is 0. The molecule has 3 rings (SSSR count). The highest BCUT2D eigenvalue weighted by molar-refractivity contribution is 5.91. The first-order valence-corrected chi connectivity index (χ1v) is 11.5. The highest BCUT2D eigenvalue weighted by atomic mass is 16.6. The summed E-state index contributed by atoms with van der Waals surface area (Å²) in [5, 5.41) is 0. The average molecular weight is 471 g/mol. The summed E-state index contributed by atoms with van der Waals surface area (Å²) in [4.78, 5) is 29.5. The van der Waals surface area contributed by atoms with Crippen molar-refractivity contribution in [2.75, 3.05) is 32.8 Å². The number of carbonyl (C=O) groups is 2. The number of benzene rings is 2. The summed E-state index contributed by atoms with van der Waals surface area (Å²) in [5.74, 6) is 1.11. The van der Waals surface area contributed by atoms with Crippen LogP contribution in [0.2, 0.25) is 0 Å². The second-order valence-electron chi connectivity index (χ2n) is 8.48. The summed E-state index contributed by atoms with van der Waals surface area (Å²) in [6.07, 6.45) is -0.358. The van der Waals surface area contributed by atoms with Gasteiger partial charge >= 0.3 is 12.2 Å². The first kappa shape index (κ1) is 25.2. The van der Waals surface area contributed by atoms with Gasteiger partial charge < -0.3 is 18.9 Å². The monoisotopic (exact) mass is 470 g/mol. The Morgan fingerprint density at radius 1 is 1.06 bits per heavy atom. The summed E-state index contributed by atoms with van der Waals surface area (Å²) in [6.45, 7) is 6.51. The molecule has 1 aliphatic rings. The molecule has 2 aromatic carbocycles. The van der Waals surface area contributed by atoms with Crippen LogP contribution in [0.15, 0.2) is 42.5 Å². The smallest absolute Gasteiger partial charge is 0.414 e. The fourth-order valence-corrected chi connectivity index (χ4v) is 4.49. The van der Waals surface area contributed by atoms with E-state index in [0.717, 1.165) is 11.1 Å². The lowest BCUT2D eigenvalue weighted by Gasteiger charge is -2.45. The third-order valence-electron chi connectivity index (χ3n) is 6.16. The molecular weight excluding hydrogens is 436 g/mol. The van der Waals surface area contributed by atoms with E-state index in [0.29, 0.717) is 30.2 Å². The van der Waals surface area contributed by atoms with E-state index in [2.05, 4.69) is 13.8 Å². The summed E-state index contributed by atoms with van der Waals surface area (Å²) >= 11 is 0. The molecule has 1 aliphatic heterocycles. The maximum absolute atomic E-state index is 13.1. The number of amides is 2. The van der Waals surface area contributed by atoms with Crippen LogP contribution in [0, 0.1) is 5.92 Å². The number of hydrogen-bond acceptors (Lipinski definition) is 6. The molecule has 0 N–H and O–H groups in total. The Balaban J connectivity index is 2.20. The third-order valence-corrected chi connectivity index (χ3v) is 6.16. The van der Waals surface area contributed by atoms with Gasteiger partial charge in [0.2, 0.25) is 0 Å². The molecule has 8 heteroatoms. The van der Waals surface area contributed by atoms with E-state index >= 15 is 0 Å². The van der Waals surface area contributed by atoms with Gasteiger partial charge in [-0.1, -0.05) is 44.2 Å². The SMILES string of the molecule is CCOC(=O)N1c2cc(OC)c(OC)cc2[C@H](N(Cc2ccccc2)C(=O)OC)C[C@@H]1C(C)C. The zero-order chi connectivity index (χ0) is 24.8. The molecule has 2 amide bonds. The van der Waals surface area contributed by atoms with Crippen molar-refractivity contribution in [1.82, 2.24) is 4.90 Å². The summed E-state index contributed by atoms with van der Waals surface area (Å²) in [5.41, 5.74) is 2.38. The topological polar surface area (TPSA) is 77.5 Å². The van der Waals surface area contributed by atoms with E-state index in [1.807, 2.05) is 36.4 Å². The average Bonchev–Trinajstić information content (AvgIpc) is 2.85. The molecule has 0 bridgehead atoms. The Bertz CT molecular complexity index is 994. The van der Waals surface area contributed by atoms with Crippen molar-refractivity contribution in [3.63, 3.8) is 0 Å². The van der Waals surface area contributed by atoms with Crippen molar-refractivity contribution in [3.8, 4) is 11.5 Å². The predicted molar refractivity (Wildman–Crippen MR) is 129 cm³/mol. The van der Waals surface area contributed by atoms with E-state index in [4.69, 9.17) is 18.9 Å². The van der Waals surface area contributed by atoms with E-state index < -0.39 is 12.2 Å². The normalized spacial score (nSPS) is 17.1. The molecule has 8 nitrogen and oxygen atoms in total. The Morgan fingerprint density at radius 3 is 2.26 bits per heavy atom. The number of ether oxygens (including phenoxy) is 4. The van der Waals surface area contributed by atoms with E-state index in [1.54, 1.807) is 37.0 Å². The summed E-state index contributed by atoms with van der Waals surface area (Å²) < 4.78 is 21.7. The van der Waals surface area contributed by atoms with Crippen LogP contribution in [-0.2, 0) is 16.0 Å². The molecule has 34 heavy (non-hydrogen) atoms. The Labute approximate surface area is 201 Å². The van der Waals surface area contributed by atoms with Gasteiger partial charge in [-0.15, -0.1) is 0 Å². The molecule has 0 saturated heterocycles. The molecule has 0 spiro atoms. The number of carbonyl (C=O) groups excluding carboxylic acids is 2. The van der Waals surface area contributed by atoms with E-state index in [-0.39, 0.29) is 24.6 Å². The maximum atomic E-state index is 13.1. The lowest BCUT2D eigenvalue weighted by Crippen LogP contribution is -2.51. The zero-order valence-corrected chi connectivity index (χ0v) is 20.7. The van der Waals surface area contributed by atoms with Crippen LogP contribution in [0.5, 0.6) is 11.5 Å². The molecule has 184 valence electrons. The van der Waals surface area contributed by atoms with Gasteiger partial charge in [0.05, 0.1) is 39.7 Å². The van der Waals surface area contributed by atoms with Crippen LogP contribution in [0.3, 0.4) is 0 Å². The van der Waals surface area contributed by atoms with Crippen molar-refractivity contribution in [2.24, 2.45) is 5.92 Å². The third kappa shape index (κ3) is 5.05. The first-order valence-electron chi connectivity index (χ1n) is 11.5. The van der Waals surface area contributed by atoms with Crippen molar-refractivity contribution in [2.45, 2.75) is 45.8 Å². The number of nitrogens with zero attached hydrogens (tertiary/aromatic N) is 2. The van der Waals surface area contributed by atoms with Crippen LogP contribution in [-0.4, -0.2) is 51.1 Å². The van der Waals surface area contributed by atoms with Gasteiger partial charge in [0, 0.05) is 24.2 Å². The largest absolute Gasteiger partial charge is 0.493 e. The molecule has 1 heterocycles. The summed E-state index contributed by atoms with van der Waals surface area (Å²) in [7, 11) is 4.49. The van der Waals surface area contributed by atoms with Gasteiger partial charge in [-0.05, 0) is 30.9 Å². The van der Waals surface area contributed by atoms with Crippen LogP contribution in [0.25, 0.3) is 0 Å². The molecular formula is C26H34N2O6. The lowest BCUT2D eigenvalue weighted by molar-refractivity contribution is 0.0911. The highest BCUT2D eigenvalue weighted by Crippen LogP contribution is 2.47. The van der Waals surface area contributed by atoms with Gasteiger partial charge in [-0.2, -0.15) is 0 Å². The Hall–Kier alpha value is -3.42. The quantitative estimate of drug-likeness (QED) is 0.539. The fourth-order valence-electron chi connectivity index (χ4n) is 4.49. The number of rotatable bonds is 7. The molecule has 2 aromatic rings. The van der Waals surface area contributed by atoms with Gasteiger partial charge in [0.25, 0.3) is 0 Å². The lowest BCUT2D eigenvalue weighted by atomic mass is 9.85. The Morgan fingerprint density at radius 2 is 1.71 bits per heavy atom. The summed E-state index contributed by atoms with van der Waals surface area (Å²) in [6, 6.07) is 12.8. The zero-order valence-electron chi connectivity index (χ0n) is 20.7. The molecule has 0 aliphatic carbocycles. The minimum Gasteiger partial charge on any atom is -0.493 e. The van der Waals surface area contributed by atoms with Crippen molar-refractivity contribution < 1.29 is 28.5 Å². The number of fused-ring (bicyclic) bond motifs is 1. The minimum absolute atomic E-state index is 0.101. The van der Waals surface area contributed by atoms with Crippen LogP contribution in [0.1, 0.15) is 44.4 Å². The predicted octanol–water partition coefficient (Wildman–Crippen LogP) is 5.40. The van der Waals surface area contributed by atoms with Gasteiger partial charge in [0.1, 0.15) is 0 Å². The molecule has 0 saturated carbocycles. The van der Waals surface area contributed by atoms with Crippen LogP contribution >= 0.6 is 0 Å². The Kier molecular flexibility index (Phi) is 8.26. The number of methoxy groups -OCH3 is 3. The van der Waals surface area contributed by atoms with E-state index in [1.165, 1.54) is 7.11 Å². The molecule has 0 aromatic heterocycles. The molecule has 0 radical (unpaired) electrons. The molecule has 0 unspecified atom stereocenters. The van der Waals surface area contributed by atoms with E-state index in [9.17, 15) is 9.59 Å². The standard InChI is InChI=1S/C26H34N2O6/c1-7-34-26(30)28-20(17(2)3)14-21(19-13-23(31-4)24(32-5)15-22(19)28)27(25(29)33-6)16-18-11-9-8-10-12-18/h8-13,15,17,20-21H,7,14,16H2,1-6H3/t20-,21-/m1/s1. The van der Waals surface area contributed by atoms with Gasteiger partial charge in [-0.25, -0.2) is 9.59 Å². The minimum atomic E-state index is -0.443. The molecule has 2 atom stereocenters. The second kappa shape index (κ2) is 11.1. The second-order valence-corrected chi connectivity index (χ2v) is 8.48. The highest BCUT2D eigenvalue weighted by Gasteiger charge is 2.43. The number of anilines is 1. The fraction of sp³-hybridized carbons (Fsp3) is 0.462. The van der Waals surface area contributed by atoms with Gasteiger partial charge in [0.15, 0.2) is 11.5 Å². The van der Waals surface area contributed by atoms with Crippen LogP contribution in [0.4, 0.5) is 15.3 Å². The van der Waals surface area contributed by atoms with Crippen molar-refractivity contribution in [3.05, 3.63) is 53.6 Å². The maximum Gasteiger partial charge on any atom is 0.414 e. The van der Waals surface area contributed by atoms with Gasteiger partial charge in [-0.3, -0.25) is 9.80 Å². The van der Waals surface area contributed by atoms with Crippen LogP contribution < -0.4 is 14.4 Å². The van der Waals surface area contributed by atoms with Crippen molar-refractivity contribution >= 4 is 17.9 Å². The van der Waals surface area contributed by atoms with Crippen molar-refractivity contribution in [1.29, 1.82) is 0 Å².